The van der Waals surface area contributed by atoms with Gasteiger partial charge in [0.2, 0.25) is 5.91 Å². The maximum Gasteiger partial charge on any atom is 0.409 e. The summed E-state index contributed by atoms with van der Waals surface area (Å²) in [4.78, 5) is 46.3. The Bertz CT molecular complexity index is 962. The Morgan fingerprint density at radius 3 is 2.64 bits per heavy atom. The van der Waals surface area contributed by atoms with Crippen LogP contribution in [0.4, 0.5) is 9.93 Å². The van der Waals surface area contributed by atoms with E-state index in [0.29, 0.717) is 80.3 Å². The van der Waals surface area contributed by atoms with Crippen molar-refractivity contribution in [2.45, 2.75) is 19.8 Å². The van der Waals surface area contributed by atoms with Crippen molar-refractivity contribution < 1.29 is 28.3 Å². The number of ketones is 1. The van der Waals surface area contributed by atoms with E-state index in [1.807, 2.05) is 4.90 Å². The van der Waals surface area contributed by atoms with Crippen molar-refractivity contribution in [3.63, 3.8) is 0 Å². The summed E-state index contributed by atoms with van der Waals surface area (Å²) >= 11 is 1.18. The first-order chi connectivity index (χ1) is 16.0. The molecule has 178 valence electrons. The summed E-state index contributed by atoms with van der Waals surface area (Å²) in [6.07, 6.45) is 2.56. The molecular weight excluding hydrogens is 448 g/mol. The average Bonchev–Trinajstić information content (AvgIpc) is 3.50. The summed E-state index contributed by atoms with van der Waals surface area (Å²) in [5, 5.41) is 3.19. The summed E-state index contributed by atoms with van der Waals surface area (Å²) in [5.41, 5.74) is 0.458. The van der Waals surface area contributed by atoms with Gasteiger partial charge < -0.3 is 24.1 Å². The van der Waals surface area contributed by atoms with Crippen LogP contribution in [0, 0.1) is 5.92 Å². The normalized spacial score (nSPS) is 17.7. The van der Waals surface area contributed by atoms with Gasteiger partial charge in [0.1, 0.15) is 10.6 Å². The maximum atomic E-state index is 13.2. The third kappa shape index (κ3) is 5.79. The van der Waals surface area contributed by atoms with Crippen LogP contribution in [0.1, 0.15) is 29.4 Å². The van der Waals surface area contributed by atoms with Gasteiger partial charge in [-0.1, -0.05) is 11.3 Å². The largest absolute Gasteiger partial charge is 0.463 e. The summed E-state index contributed by atoms with van der Waals surface area (Å²) in [6, 6.07) is 3.50. The van der Waals surface area contributed by atoms with Gasteiger partial charge in [0.15, 0.2) is 16.7 Å². The van der Waals surface area contributed by atoms with Gasteiger partial charge in [-0.25, -0.2) is 9.78 Å². The molecule has 0 radical (unpaired) electrons. The van der Waals surface area contributed by atoms with Gasteiger partial charge in [0, 0.05) is 45.3 Å². The number of nitrogens with zero attached hydrogens (tertiary/aromatic N) is 3. The highest BCUT2D eigenvalue weighted by Crippen LogP contribution is 2.35. The van der Waals surface area contributed by atoms with Crippen molar-refractivity contribution in [1.82, 2.24) is 14.8 Å². The second-order valence-electron chi connectivity index (χ2n) is 7.94. The minimum absolute atomic E-state index is 0.0118. The number of furan rings is 1. The highest BCUT2D eigenvalue weighted by molar-refractivity contribution is 7.18. The fourth-order valence-corrected chi connectivity index (χ4v) is 4.94. The van der Waals surface area contributed by atoms with E-state index in [9.17, 15) is 14.4 Å². The first-order valence-electron chi connectivity index (χ1n) is 11.2. The van der Waals surface area contributed by atoms with Crippen LogP contribution in [-0.2, 0) is 14.3 Å². The van der Waals surface area contributed by atoms with Crippen LogP contribution >= 0.6 is 11.3 Å². The average molecular weight is 477 g/mol. The van der Waals surface area contributed by atoms with Gasteiger partial charge in [-0.2, -0.15) is 0 Å². The van der Waals surface area contributed by atoms with Crippen molar-refractivity contribution in [3.8, 4) is 11.5 Å². The number of aromatic nitrogens is 1. The van der Waals surface area contributed by atoms with Crippen LogP contribution in [0.25, 0.3) is 11.5 Å². The molecule has 10 nitrogen and oxygen atoms in total. The zero-order valence-corrected chi connectivity index (χ0v) is 19.4. The number of thiazole rings is 1. The molecule has 4 heterocycles. The summed E-state index contributed by atoms with van der Waals surface area (Å²) in [5.74, 6) is 0.173. The number of piperazine rings is 1. The topological polar surface area (TPSA) is 114 Å². The first kappa shape index (κ1) is 23.4. The van der Waals surface area contributed by atoms with E-state index in [1.165, 1.54) is 17.6 Å². The van der Waals surface area contributed by atoms with Crippen molar-refractivity contribution >= 4 is 34.3 Å². The second-order valence-corrected chi connectivity index (χ2v) is 8.93. The Labute approximate surface area is 195 Å². The smallest absolute Gasteiger partial charge is 0.409 e. The molecular formula is C22H28N4O6S. The Morgan fingerprint density at radius 2 is 1.97 bits per heavy atom. The van der Waals surface area contributed by atoms with E-state index < -0.39 is 0 Å². The van der Waals surface area contributed by atoms with Crippen LogP contribution in [-0.4, -0.2) is 85.1 Å². The molecule has 0 unspecified atom stereocenters. The number of hydrogen-bond donors (Lipinski definition) is 1. The van der Waals surface area contributed by atoms with Crippen LogP contribution in [0.3, 0.4) is 0 Å². The Hall–Kier alpha value is -2.76. The molecule has 11 heteroatoms. The molecule has 2 aliphatic heterocycles. The number of carbonyl (C=O) groups excluding carboxylic acids is 3. The summed E-state index contributed by atoms with van der Waals surface area (Å²) < 4.78 is 15.9. The predicted octanol–water partition coefficient (Wildman–Crippen LogP) is 2.73. The summed E-state index contributed by atoms with van der Waals surface area (Å²) in [6.45, 7) is 5.60. The molecule has 2 aliphatic rings. The molecule has 1 N–H and O–H groups in total. The fourth-order valence-electron chi connectivity index (χ4n) is 3.93. The number of hydrogen-bond acceptors (Lipinski definition) is 9. The van der Waals surface area contributed by atoms with Gasteiger partial charge >= 0.3 is 6.09 Å². The van der Waals surface area contributed by atoms with Gasteiger partial charge in [0.25, 0.3) is 0 Å². The molecule has 0 aliphatic carbocycles. The van der Waals surface area contributed by atoms with E-state index in [4.69, 9.17) is 13.9 Å². The SMILES string of the molecule is CCOC(=O)N1CCN(CC(=O)Nc2nc(-c3ccco3)c(C(=O)C3CCOCC3)s2)CC1. The van der Waals surface area contributed by atoms with Crippen LogP contribution in [0.5, 0.6) is 0 Å². The zero-order valence-electron chi connectivity index (χ0n) is 18.6. The first-order valence-corrected chi connectivity index (χ1v) is 12.0. The molecule has 0 spiro atoms. The number of carbonyl (C=O) groups is 3. The summed E-state index contributed by atoms with van der Waals surface area (Å²) in [7, 11) is 0. The zero-order chi connectivity index (χ0) is 23.2. The monoisotopic (exact) mass is 476 g/mol. The fraction of sp³-hybridized carbons (Fsp3) is 0.545. The predicted molar refractivity (Wildman–Crippen MR) is 121 cm³/mol. The molecule has 2 fully saturated rings. The van der Waals surface area contributed by atoms with Crippen LogP contribution in [0.15, 0.2) is 22.8 Å². The standard InChI is InChI=1S/C22H28N4O6S/c1-2-31-22(29)26-9-7-25(8-10-26)14-17(27)23-21-24-18(16-4-3-11-32-16)20(33-21)19(28)15-5-12-30-13-6-15/h3-4,11,15H,2,5-10,12-14H2,1H3,(H,23,24,27). The second kappa shape index (κ2) is 10.9. The van der Waals surface area contributed by atoms with Crippen molar-refractivity contribution in [1.29, 1.82) is 0 Å². The molecule has 2 aromatic heterocycles. The maximum absolute atomic E-state index is 13.2. The number of Topliss-reactive ketones (excluding diaryl/α,β-unsaturated/α-hetero) is 1. The molecule has 2 saturated heterocycles. The lowest BCUT2D eigenvalue weighted by Gasteiger charge is -2.33. The third-order valence-electron chi connectivity index (χ3n) is 5.71. The van der Waals surface area contributed by atoms with Gasteiger partial charge in [-0.05, 0) is 31.9 Å². The molecule has 2 aromatic rings. The Morgan fingerprint density at radius 1 is 1.21 bits per heavy atom. The number of anilines is 1. The minimum Gasteiger partial charge on any atom is -0.463 e. The minimum atomic E-state index is -0.323. The lowest BCUT2D eigenvalue weighted by molar-refractivity contribution is -0.117. The molecule has 0 aromatic carbocycles. The van der Waals surface area contributed by atoms with Crippen molar-refractivity contribution in [2.24, 2.45) is 5.92 Å². The van der Waals surface area contributed by atoms with Gasteiger partial charge in [-0.3, -0.25) is 14.5 Å². The van der Waals surface area contributed by atoms with E-state index in [-0.39, 0.29) is 30.2 Å². The van der Waals surface area contributed by atoms with E-state index in [1.54, 1.807) is 24.0 Å². The molecule has 4 rings (SSSR count). The van der Waals surface area contributed by atoms with Crippen LogP contribution in [0.2, 0.25) is 0 Å². The number of amides is 2. The quantitative estimate of drug-likeness (QED) is 0.607. The molecule has 2 amide bonds. The number of ether oxygens (including phenoxy) is 2. The Kier molecular flexibility index (Phi) is 7.73. The lowest BCUT2D eigenvalue weighted by atomic mass is 9.94. The molecule has 0 bridgehead atoms. The highest BCUT2D eigenvalue weighted by Gasteiger charge is 2.30. The lowest BCUT2D eigenvalue weighted by Crippen LogP contribution is -2.50. The third-order valence-corrected chi connectivity index (χ3v) is 6.69. The van der Waals surface area contributed by atoms with E-state index in [2.05, 4.69) is 10.3 Å². The van der Waals surface area contributed by atoms with Gasteiger partial charge in [-0.15, -0.1) is 0 Å². The number of rotatable bonds is 7. The molecule has 0 saturated carbocycles. The van der Waals surface area contributed by atoms with Crippen LogP contribution < -0.4 is 5.32 Å². The highest BCUT2D eigenvalue weighted by atomic mass is 32.1. The van der Waals surface area contributed by atoms with Crippen molar-refractivity contribution in [3.05, 3.63) is 23.3 Å². The Balaban J connectivity index is 1.39. The number of nitrogens with one attached hydrogen (secondary N) is 1. The van der Waals surface area contributed by atoms with E-state index >= 15 is 0 Å². The van der Waals surface area contributed by atoms with Gasteiger partial charge in [0.05, 0.1) is 19.4 Å². The van der Waals surface area contributed by atoms with E-state index in [0.717, 1.165) is 0 Å². The molecule has 33 heavy (non-hydrogen) atoms. The van der Waals surface area contributed by atoms with Crippen molar-refractivity contribution in [2.75, 3.05) is 57.9 Å². The molecule has 0 atom stereocenters.